The van der Waals surface area contributed by atoms with Crippen LogP contribution >= 0.6 is 0 Å². The maximum Gasteiger partial charge on any atom is 0.422 e. The molecule has 0 heterocycles. The van der Waals surface area contributed by atoms with E-state index in [2.05, 4.69) is 27.4 Å². The molecule has 0 bridgehead atoms. The molecule has 0 aliphatic rings. The molecule has 1 rings (SSSR count). The molecule has 2 N–H and O–H groups in total. The highest BCUT2D eigenvalue weighted by atomic mass is 19.4. The highest BCUT2D eigenvalue weighted by molar-refractivity contribution is 5.79. The van der Waals surface area contributed by atoms with E-state index >= 15 is 0 Å². The Hall–Kier alpha value is -1.96. The Kier molecular flexibility index (Phi) is 8.54. The topological polar surface area (TPSA) is 48.9 Å². The van der Waals surface area contributed by atoms with E-state index in [4.69, 9.17) is 4.74 Å². The maximum atomic E-state index is 12.4. The minimum Gasteiger partial charge on any atom is -0.484 e. The largest absolute Gasteiger partial charge is 0.484 e. The molecule has 142 valence electrons. The van der Waals surface area contributed by atoms with E-state index in [-0.39, 0.29) is 5.75 Å². The lowest BCUT2D eigenvalue weighted by atomic mass is 10.1. The highest BCUT2D eigenvalue weighted by Crippen LogP contribution is 2.23. The lowest BCUT2D eigenvalue weighted by Gasteiger charge is -2.18. The maximum absolute atomic E-state index is 12.4. The summed E-state index contributed by atoms with van der Waals surface area (Å²) >= 11 is 0. The highest BCUT2D eigenvalue weighted by Gasteiger charge is 2.28. The van der Waals surface area contributed by atoms with Crippen molar-refractivity contribution in [1.29, 1.82) is 0 Å². The minimum atomic E-state index is -4.36. The van der Waals surface area contributed by atoms with Gasteiger partial charge in [0.1, 0.15) is 5.75 Å². The molecule has 0 spiro atoms. The fourth-order valence-electron chi connectivity index (χ4n) is 2.02. The van der Waals surface area contributed by atoms with Crippen molar-refractivity contribution in [2.75, 3.05) is 40.3 Å². The van der Waals surface area contributed by atoms with Crippen LogP contribution < -0.4 is 15.4 Å². The normalized spacial score (nSPS) is 12.4. The van der Waals surface area contributed by atoms with Crippen LogP contribution in [0, 0.1) is 6.92 Å². The van der Waals surface area contributed by atoms with Crippen molar-refractivity contribution in [2.24, 2.45) is 4.99 Å². The summed E-state index contributed by atoms with van der Waals surface area (Å²) < 4.78 is 42.2. The van der Waals surface area contributed by atoms with E-state index in [0.717, 1.165) is 25.2 Å². The molecule has 0 aliphatic heterocycles. The van der Waals surface area contributed by atoms with Gasteiger partial charge in [0.05, 0.1) is 0 Å². The van der Waals surface area contributed by atoms with Crippen molar-refractivity contribution in [3.63, 3.8) is 0 Å². The summed E-state index contributed by atoms with van der Waals surface area (Å²) in [6.45, 7) is 5.43. The standard InChI is InChI=1S/C17H27F3N4O/c1-5-24(4)9-8-22-16(21-3)23-11-14-7-6-13(2)10-15(14)25-12-17(18,19)20/h6-7,10H,5,8-9,11-12H2,1-4H3,(H2,21,22,23). The summed E-state index contributed by atoms with van der Waals surface area (Å²) in [6.07, 6.45) is -4.36. The number of hydrogen-bond acceptors (Lipinski definition) is 3. The van der Waals surface area contributed by atoms with Crippen LogP contribution in [-0.4, -0.2) is 57.4 Å². The van der Waals surface area contributed by atoms with Gasteiger partial charge in [-0.3, -0.25) is 4.99 Å². The summed E-state index contributed by atoms with van der Waals surface area (Å²) in [7, 11) is 3.67. The second-order valence-corrected chi connectivity index (χ2v) is 5.76. The van der Waals surface area contributed by atoms with Gasteiger partial charge < -0.3 is 20.3 Å². The molecule has 5 nitrogen and oxygen atoms in total. The van der Waals surface area contributed by atoms with Crippen LogP contribution in [0.15, 0.2) is 23.2 Å². The van der Waals surface area contributed by atoms with Gasteiger partial charge in [-0.2, -0.15) is 13.2 Å². The molecule has 0 amide bonds. The number of benzene rings is 1. The number of nitrogens with one attached hydrogen (secondary N) is 2. The van der Waals surface area contributed by atoms with Gasteiger partial charge in [0.2, 0.25) is 0 Å². The van der Waals surface area contributed by atoms with Crippen molar-refractivity contribution in [1.82, 2.24) is 15.5 Å². The smallest absolute Gasteiger partial charge is 0.422 e. The molecule has 0 saturated heterocycles. The van der Waals surface area contributed by atoms with E-state index < -0.39 is 12.8 Å². The number of hydrogen-bond donors (Lipinski definition) is 2. The molecule has 25 heavy (non-hydrogen) atoms. The first-order valence-electron chi connectivity index (χ1n) is 8.17. The Bertz CT molecular complexity index is 561. The Labute approximate surface area is 147 Å². The van der Waals surface area contributed by atoms with Crippen LogP contribution in [0.1, 0.15) is 18.1 Å². The number of halogens is 3. The van der Waals surface area contributed by atoms with Gasteiger partial charge in [-0.15, -0.1) is 0 Å². The number of nitrogens with zero attached hydrogens (tertiary/aromatic N) is 2. The molecular formula is C17H27F3N4O. The first-order valence-corrected chi connectivity index (χ1v) is 8.17. The third kappa shape index (κ3) is 8.62. The summed E-state index contributed by atoms with van der Waals surface area (Å²) in [5.74, 6) is 0.817. The van der Waals surface area contributed by atoms with Crippen LogP contribution in [0.25, 0.3) is 0 Å². The van der Waals surface area contributed by atoms with Gasteiger partial charge in [0.15, 0.2) is 12.6 Å². The number of alkyl halides is 3. The number of aliphatic imine (C=N–C) groups is 1. The van der Waals surface area contributed by atoms with Crippen molar-refractivity contribution in [3.05, 3.63) is 29.3 Å². The molecule has 1 aromatic carbocycles. The van der Waals surface area contributed by atoms with Gasteiger partial charge in [-0.1, -0.05) is 19.1 Å². The van der Waals surface area contributed by atoms with Gasteiger partial charge in [-0.25, -0.2) is 0 Å². The van der Waals surface area contributed by atoms with Crippen molar-refractivity contribution < 1.29 is 17.9 Å². The van der Waals surface area contributed by atoms with Crippen LogP contribution in [0.3, 0.4) is 0 Å². The Balaban J connectivity index is 2.62. The lowest BCUT2D eigenvalue weighted by molar-refractivity contribution is -0.153. The number of likely N-dealkylation sites (N-methyl/N-ethyl adjacent to an activating group) is 1. The van der Waals surface area contributed by atoms with E-state index in [0.29, 0.717) is 18.1 Å². The SMILES string of the molecule is CCN(C)CCNC(=NC)NCc1ccc(C)cc1OCC(F)(F)F. The second kappa shape index (κ2) is 10.1. The lowest BCUT2D eigenvalue weighted by Crippen LogP contribution is -2.40. The van der Waals surface area contributed by atoms with Crippen LogP contribution in [0.2, 0.25) is 0 Å². The first kappa shape index (κ1) is 21.1. The predicted molar refractivity (Wildman–Crippen MR) is 94.1 cm³/mol. The number of guanidine groups is 1. The summed E-state index contributed by atoms with van der Waals surface area (Å²) in [4.78, 5) is 6.27. The van der Waals surface area contributed by atoms with Gasteiger partial charge in [-0.05, 0) is 32.1 Å². The van der Waals surface area contributed by atoms with Crippen LogP contribution in [-0.2, 0) is 6.54 Å². The number of rotatable bonds is 8. The average molecular weight is 360 g/mol. The molecule has 0 radical (unpaired) electrons. The molecule has 0 atom stereocenters. The minimum absolute atomic E-state index is 0.228. The quantitative estimate of drug-likeness (QED) is 0.553. The molecule has 8 heteroatoms. The van der Waals surface area contributed by atoms with Crippen LogP contribution in [0.4, 0.5) is 13.2 Å². The van der Waals surface area contributed by atoms with E-state index in [1.54, 1.807) is 19.2 Å². The Morgan fingerprint density at radius 2 is 2.00 bits per heavy atom. The van der Waals surface area contributed by atoms with Crippen molar-refractivity contribution in [3.8, 4) is 5.75 Å². The molecular weight excluding hydrogens is 333 g/mol. The third-order valence-corrected chi connectivity index (χ3v) is 3.61. The number of aryl methyl sites for hydroxylation is 1. The molecule has 0 saturated carbocycles. The van der Waals surface area contributed by atoms with Crippen LogP contribution in [0.5, 0.6) is 5.75 Å². The molecule has 0 unspecified atom stereocenters. The van der Waals surface area contributed by atoms with Crippen molar-refractivity contribution >= 4 is 5.96 Å². The summed E-state index contributed by atoms with van der Waals surface area (Å²) in [5.41, 5.74) is 1.48. The van der Waals surface area contributed by atoms with E-state index in [9.17, 15) is 13.2 Å². The monoisotopic (exact) mass is 360 g/mol. The zero-order valence-electron chi connectivity index (χ0n) is 15.2. The molecule has 0 aliphatic carbocycles. The predicted octanol–water partition coefficient (Wildman–Crippen LogP) is 2.55. The van der Waals surface area contributed by atoms with Crippen molar-refractivity contribution in [2.45, 2.75) is 26.6 Å². The van der Waals surface area contributed by atoms with Gasteiger partial charge in [0.25, 0.3) is 0 Å². The Morgan fingerprint density at radius 1 is 1.28 bits per heavy atom. The fourth-order valence-corrected chi connectivity index (χ4v) is 2.02. The second-order valence-electron chi connectivity index (χ2n) is 5.76. The van der Waals surface area contributed by atoms with Gasteiger partial charge in [0, 0.05) is 32.2 Å². The zero-order valence-corrected chi connectivity index (χ0v) is 15.2. The molecule has 0 aromatic heterocycles. The van der Waals surface area contributed by atoms with E-state index in [1.807, 2.05) is 20.0 Å². The molecule has 0 fully saturated rings. The third-order valence-electron chi connectivity index (χ3n) is 3.61. The molecule has 1 aromatic rings. The Morgan fingerprint density at radius 3 is 2.60 bits per heavy atom. The van der Waals surface area contributed by atoms with E-state index in [1.165, 1.54) is 0 Å². The summed E-state index contributed by atoms with van der Waals surface area (Å²) in [6, 6.07) is 5.20. The average Bonchev–Trinajstić information content (AvgIpc) is 2.56. The first-order chi connectivity index (χ1) is 11.7. The summed E-state index contributed by atoms with van der Waals surface area (Å²) in [5, 5.41) is 6.26. The van der Waals surface area contributed by atoms with Gasteiger partial charge >= 0.3 is 6.18 Å². The zero-order chi connectivity index (χ0) is 18.9. The number of ether oxygens (including phenoxy) is 1. The fraction of sp³-hybridized carbons (Fsp3) is 0.588.